The number of nitrogen functional groups attached to an aromatic ring is 1. The fraction of sp³-hybridized carbons (Fsp3) is 0.333. The summed E-state index contributed by atoms with van der Waals surface area (Å²) in [4.78, 5) is 4.88. The van der Waals surface area contributed by atoms with Crippen LogP contribution >= 0.6 is 0 Å². The lowest BCUT2D eigenvalue weighted by atomic mass is 10.0. The maximum Gasteiger partial charge on any atom is 0.242 e. The molecule has 0 amide bonds. The molecular weight excluding hydrogens is 484 g/mol. The summed E-state index contributed by atoms with van der Waals surface area (Å²) in [6.45, 7) is 2.20. The van der Waals surface area contributed by atoms with Gasteiger partial charge in [-0.15, -0.1) is 10.2 Å². The first kappa shape index (κ1) is 24.1. The van der Waals surface area contributed by atoms with Gasteiger partial charge in [0.25, 0.3) is 0 Å². The average Bonchev–Trinajstić information content (AvgIpc) is 3.45. The van der Waals surface area contributed by atoms with Crippen molar-refractivity contribution in [3.63, 3.8) is 0 Å². The third-order valence-corrected chi connectivity index (χ3v) is 8.09. The molecule has 3 aromatic rings. The minimum atomic E-state index is -4.58. The van der Waals surface area contributed by atoms with Crippen molar-refractivity contribution < 1.29 is 16.8 Å². The molecule has 34 heavy (non-hydrogen) atoms. The van der Waals surface area contributed by atoms with E-state index >= 15 is 0 Å². The molecule has 16 heteroatoms. The van der Waals surface area contributed by atoms with Crippen molar-refractivity contribution in [1.82, 2.24) is 35.2 Å². The summed E-state index contributed by atoms with van der Waals surface area (Å²) in [6.07, 6.45) is 1.97. The molecule has 1 aliphatic heterocycles. The highest BCUT2D eigenvalue weighted by Crippen LogP contribution is 2.38. The van der Waals surface area contributed by atoms with E-state index in [-0.39, 0.29) is 22.8 Å². The van der Waals surface area contributed by atoms with Crippen LogP contribution in [0.4, 0.5) is 5.82 Å². The van der Waals surface area contributed by atoms with E-state index in [1.54, 1.807) is 6.07 Å². The highest BCUT2D eigenvalue weighted by atomic mass is 32.2. The monoisotopic (exact) mass is 508 g/mol. The van der Waals surface area contributed by atoms with Crippen LogP contribution in [0.25, 0.3) is 22.5 Å². The molecule has 0 bridgehead atoms. The number of pyridine rings is 1. The van der Waals surface area contributed by atoms with Crippen LogP contribution in [0, 0.1) is 0 Å². The van der Waals surface area contributed by atoms with E-state index in [2.05, 4.69) is 30.3 Å². The van der Waals surface area contributed by atoms with Crippen LogP contribution in [0.3, 0.4) is 0 Å². The van der Waals surface area contributed by atoms with Crippen molar-refractivity contribution in [1.29, 1.82) is 0 Å². The number of tetrazole rings is 1. The SMILES string of the molecule is NCCN1CC[C@@H](NS(=O)(=O)c2ccc(-c3ccc(N)nc3)c(-c3nn[nH]n3)c2S(N)(=O)=O)C1. The molecule has 0 spiro atoms. The Hall–Kier alpha value is -3.02. The summed E-state index contributed by atoms with van der Waals surface area (Å²) >= 11 is 0. The van der Waals surface area contributed by atoms with Crippen molar-refractivity contribution in [3.8, 4) is 22.5 Å². The first-order valence-corrected chi connectivity index (χ1v) is 13.2. The average molecular weight is 509 g/mol. The van der Waals surface area contributed by atoms with E-state index in [1.165, 1.54) is 24.4 Å². The molecule has 3 heterocycles. The number of nitrogens with zero attached hydrogens (tertiary/aromatic N) is 5. The number of primary sulfonamides is 1. The normalized spacial score (nSPS) is 17.3. The molecular formula is C18H24N10O4S2. The molecule has 8 N–H and O–H groups in total. The number of anilines is 1. The summed E-state index contributed by atoms with van der Waals surface area (Å²) in [7, 11) is -8.88. The van der Waals surface area contributed by atoms with Gasteiger partial charge < -0.3 is 16.4 Å². The van der Waals surface area contributed by atoms with Crippen LogP contribution in [-0.2, 0) is 20.0 Å². The number of aromatic amines is 1. The molecule has 0 aliphatic carbocycles. The topological polar surface area (TPSA) is 229 Å². The Morgan fingerprint density at radius 1 is 1.18 bits per heavy atom. The summed E-state index contributed by atoms with van der Waals surface area (Å²) in [5, 5.41) is 19.0. The van der Waals surface area contributed by atoms with Crippen LogP contribution in [0.2, 0.25) is 0 Å². The third-order valence-electron chi connectivity index (χ3n) is 5.40. The zero-order valence-electron chi connectivity index (χ0n) is 17.9. The number of hydrogen-bond donors (Lipinski definition) is 5. The van der Waals surface area contributed by atoms with E-state index in [4.69, 9.17) is 16.6 Å². The minimum absolute atomic E-state index is 0.123. The Bertz CT molecular complexity index is 1380. The quantitative estimate of drug-likeness (QED) is 0.234. The predicted octanol–water partition coefficient (Wildman–Crippen LogP) is -1.53. The van der Waals surface area contributed by atoms with Crippen molar-refractivity contribution >= 4 is 25.9 Å². The van der Waals surface area contributed by atoms with Gasteiger partial charge >= 0.3 is 0 Å². The molecule has 0 radical (unpaired) electrons. The molecule has 1 saturated heterocycles. The summed E-state index contributed by atoms with van der Waals surface area (Å²) < 4.78 is 54.9. The number of sulfonamides is 2. The Balaban J connectivity index is 1.87. The Kier molecular flexibility index (Phi) is 6.61. The van der Waals surface area contributed by atoms with Gasteiger partial charge in [0.2, 0.25) is 25.9 Å². The van der Waals surface area contributed by atoms with Gasteiger partial charge in [-0.2, -0.15) is 5.21 Å². The van der Waals surface area contributed by atoms with Crippen LogP contribution in [-0.4, -0.2) is 79.6 Å². The van der Waals surface area contributed by atoms with Crippen LogP contribution in [0.1, 0.15) is 6.42 Å². The number of benzene rings is 1. The number of hydrogen-bond acceptors (Lipinski definition) is 11. The Labute approximate surface area is 196 Å². The molecule has 1 fully saturated rings. The highest BCUT2D eigenvalue weighted by molar-refractivity contribution is 7.92. The van der Waals surface area contributed by atoms with E-state index < -0.39 is 35.9 Å². The van der Waals surface area contributed by atoms with Gasteiger partial charge in [0.1, 0.15) is 15.6 Å². The van der Waals surface area contributed by atoms with Crippen LogP contribution < -0.4 is 21.3 Å². The molecule has 182 valence electrons. The molecule has 4 rings (SSSR count). The van der Waals surface area contributed by atoms with Crippen LogP contribution in [0.5, 0.6) is 0 Å². The first-order chi connectivity index (χ1) is 16.1. The van der Waals surface area contributed by atoms with E-state index in [1.807, 2.05) is 4.90 Å². The smallest absolute Gasteiger partial charge is 0.242 e. The zero-order valence-corrected chi connectivity index (χ0v) is 19.6. The number of nitrogens with two attached hydrogens (primary N) is 3. The van der Waals surface area contributed by atoms with Crippen LogP contribution in [0.15, 0.2) is 40.3 Å². The van der Waals surface area contributed by atoms with Crippen molar-refractivity contribution in [3.05, 3.63) is 30.5 Å². The minimum Gasteiger partial charge on any atom is -0.384 e. The maximum absolute atomic E-state index is 13.4. The Morgan fingerprint density at radius 3 is 2.59 bits per heavy atom. The van der Waals surface area contributed by atoms with Crippen molar-refractivity contribution in [2.24, 2.45) is 10.9 Å². The number of likely N-dealkylation sites (tertiary alicyclic amines) is 1. The Morgan fingerprint density at radius 2 is 1.97 bits per heavy atom. The van der Waals surface area contributed by atoms with Crippen molar-refractivity contribution in [2.45, 2.75) is 22.3 Å². The second-order valence-electron chi connectivity index (χ2n) is 7.76. The molecule has 14 nitrogen and oxygen atoms in total. The summed E-state index contributed by atoms with van der Waals surface area (Å²) in [5.41, 5.74) is 11.9. The lowest BCUT2D eigenvalue weighted by Crippen LogP contribution is -2.38. The van der Waals surface area contributed by atoms with Gasteiger partial charge in [0.15, 0.2) is 0 Å². The second kappa shape index (κ2) is 9.32. The van der Waals surface area contributed by atoms with E-state index in [0.717, 1.165) is 0 Å². The molecule has 0 unspecified atom stereocenters. The highest BCUT2D eigenvalue weighted by Gasteiger charge is 2.34. The summed E-state index contributed by atoms with van der Waals surface area (Å²) in [6, 6.07) is 5.33. The molecule has 1 aliphatic rings. The third kappa shape index (κ3) is 4.91. The fourth-order valence-corrected chi connectivity index (χ4v) is 6.81. The van der Waals surface area contributed by atoms with Gasteiger partial charge in [-0.3, -0.25) is 0 Å². The molecule has 1 atom stereocenters. The van der Waals surface area contributed by atoms with Gasteiger partial charge in [0.05, 0.1) is 5.56 Å². The largest absolute Gasteiger partial charge is 0.384 e. The molecule has 1 aromatic carbocycles. The second-order valence-corrected chi connectivity index (χ2v) is 10.9. The van der Waals surface area contributed by atoms with E-state index in [9.17, 15) is 16.8 Å². The first-order valence-electron chi connectivity index (χ1n) is 10.2. The zero-order chi connectivity index (χ0) is 24.5. The standard InChI is InChI=1S/C18H24N10O4S2/c19-6-8-28-7-5-12(10-28)25-34(31,32)14-3-2-13(11-1-4-15(20)22-9-11)16(17(14)33(21,29)30)18-23-26-27-24-18/h1-4,9,12,25H,5-8,10,19H2,(H2,20,22)(H2,21,29,30)(H,23,24,26,27)/t12-/m1/s1. The fourth-order valence-electron chi connectivity index (χ4n) is 3.95. The summed E-state index contributed by atoms with van der Waals surface area (Å²) in [5.74, 6) is 0.100. The van der Waals surface area contributed by atoms with Crippen molar-refractivity contribution in [2.75, 3.05) is 31.9 Å². The maximum atomic E-state index is 13.4. The van der Waals surface area contributed by atoms with E-state index in [0.29, 0.717) is 38.2 Å². The van der Waals surface area contributed by atoms with Gasteiger partial charge in [-0.25, -0.2) is 31.7 Å². The van der Waals surface area contributed by atoms with Gasteiger partial charge in [0, 0.05) is 37.4 Å². The number of nitrogens with one attached hydrogen (secondary N) is 2. The van der Waals surface area contributed by atoms with Gasteiger partial charge in [-0.1, -0.05) is 6.07 Å². The number of aromatic nitrogens is 5. The van der Waals surface area contributed by atoms with Gasteiger partial charge in [-0.05, 0) is 41.9 Å². The lowest BCUT2D eigenvalue weighted by Gasteiger charge is -2.19. The predicted molar refractivity (Wildman–Crippen MR) is 123 cm³/mol. The molecule has 2 aromatic heterocycles. The number of rotatable bonds is 8. The molecule has 0 saturated carbocycles. The number of H-pyrrole nitrogens is 1. The lowest BCUT2D eigenvalue weighted by molar-refractivity contribution is 0.341.